The molecule has 0 spiro atoms. The van der Waals surface area contributed by atoms with Crippen molar-refractivity contribution in [1.82, 2.24) is 4.98 Å². The Hall–Kier alpha value is -0.860. The fourth-order valence-corrected chi connectivity index (χ4v) is 1.74. The zero-order valence-electron chi connectivity index (χ0n) is 8.84. The van der Waals surface area contributed by atoms with Crippen LogP contribution in [0.2, 0.25) is 0 Å². The standard InChI is InChI=1S/C10H9F3INO2/c1-2-17-9(16)3-6-5-15-8(4-7(6)14)10(11,12)13/h4-5H,2-3H2,1H3. The van der Waals surface area contributed by atoms with Gasteiger partial charge in [0.25, 0.3) is 0 Å². The van der Waals surface area contributed by atoms with Crippen molar-refractivity contribution in [2.45, 2.75) is 19.5 Å². The Bertz CT molecular complexity index is 421. The van der Waals surface area contributed by atoms with Crippen LogP contribution in [0.15, 0.2) is 12.3 Å². The van der Waals surface area contributed by atoms with E-state index in [2.05, 4.69) is 4.98 Å². The molecule has 0 N–H and O–H groups in total. The topological polar surface area (TPSA) is 39.2 Å². The van der Waals surface area contributed by atoms with E-state index in [0.29, 0.717) is 9.13 Å². The van der Waals surface area contributed by atoms with Crippen LogP contribution >= 0.6 is 22.6 Å². The second-order valence-corrected chi connectivity index (χ2v) is 4.30. The molecule has 1 rings (SSSR count). The molecule has 1 aromatic rings. The lowest BCUT2D eigenvalue weighted by Crippen LogP contribution is -2.12. The van der Waals surface area contributed by atoms with Crippen molar-refractivity contribution in [3.05, 3.63) is 27.1 Å². The lowest BCUT2D eigenvalue weighted by Gasteiger charge is -2.08. The summed E-state index contributed by atoms with van der Waals surface area (Å²) in [7, 11) is 0. The van der Waals surface area contributed by atoms with Crippen LogP contribution in [0, 0.1) is 3.57 Å². The number of carbonyl (C=O) groups is 1. The maximum absolute atomic E-state index is 12.3. The van der Waals surface area contributed by atoms with Crippen molar-refractivity contribution in [3.8, 4) is 0 Å². The maximum atomic E-state index is 12.3. The zero-order chi connectivity index (χ0) is 13.1. The molecule has 0 amide bonds. The number of pyridine rings is 1. The van der Waals surface area contributed by atoms with Crippen LogP contribution in [0.1, 0.15) is 18.2 Å². The number of aromatic nitrogens is 1. The summed E-state index contributed by atoms with van der Waals surface area (Å²) in [6.07, 6.45) is -3.48. The molecule has 17 heavy (non-hydrogen) atoms. The Morgan fingerprint density at radius 3 is 2.65 bits per heavy atom. The van der Waals surface area contributed by atoms with Crippen molar-refractivity contribution in [1.29, 1.82) is 0 Å². The first-order valence-electron chi connectivity index (χ1n) is 4.71. The van der Waals surface area contributed by atoms with E-state index in [-0.39, 0.29) is 13.0 Å². The van der Waals surface area contributed by atoms with E-state index in [1.165, 1.54) is 0 Å². The molecule has 0 aromatic carbocycles. The molecule has 94 valence electrons. The quantitative estimate of drug-likeness (QED) is 0.616. The molecule has 0 radical (unpaired) electrons. The number of ether oxygens (including phenoxy) is 1. The van der Waals surface area contributed by atoms with Gasteiger partial charge in [0.15, 0.2) is 0 Å². The van der Waals surface area contributed by atoms with Gasteiger partial charge in [0.1, 0.15) is 5.69 Å². The highest BCUT2D eigenvalue weighted by Crippen LogP contribution is 2.29. The smallest absolute Gasteiger partial charge is 0.433 e. The van der Waals surface area contributed by atoms with Gasteiger partial charge in [-0.05, 0) is 41.1 Å². The normalized spacial score (nSPS) is 11.4. The summed E-state index contributed by atoms with van der Waals surface area (Å²) in [5, 5.41) is 0. The zero-order valence-corrected chi connectivity index (χ0v) is 11.0. The molecule has 0 atom stereocenters. The van der Waals surface area contributed by atoms with Crippen molar-refractivity contribution >= 4 is 28.6 Å². The lowest BCUT2D eigenvalue weighted by molar-refractivity contribution is -0.142. The minimum absolute atomic E-state index is 0.0722. The third-order valence-corrected chi connectivity index (χ3v) is 2.86. The molecule has 0 fully saturated rings. The summed E-state index contributed by atoms with van der Waals surface area (Å²) in [4.78, 5) is 14.5. The van der Waals surface area contributed by atoms with Gasteiger partial charge in [0.05, 0.1) is 13.0 Å². The number of carbonyl (C=O) groups excluding carboxylic acids is 1. The number of hydrogen-bond acceptors (Lipinski definition) is 3. The Kier molecular flexibility index (Phi) is 4.72. The number of esters is 1. The minimum atomic E-state index is -4.47. The van der Waals surface area contributed by atoms with Crippen LogP contribution < -0.4 is 0 Å². The number of alkyl halides is 3. The fourth-order valence-electron chi connectivity index (χ4n) is 1.11. The van der Waals surface area contributed by atoms with Gasteiger partial charge in [0.2, 0.25) is 0 Å². The van der Waals surface area contributed by atoms with Crippen molar-refractivity contribution < 1.29 is 22.7 Å². The second kappa shape index (κ2) is 5.65. The summed E-state index contributed by atoms with van der Waals surface area (Å²) in [6.45, 7) is 1.90. The summed E-state index contributed by atoms with van der Waals surface area (Å²) in [5.74, 6) is -0.480. The summed E-state index contributed by atoms with van der Waals surface area (Å²) in [5.41, 5.74) is -0.536. The lowest BCUT2D eigenvalue weighted by atomic mass is 10.2. The number of rotatable bonds is 3. The molecule has 3 nitrogen and oxygen atoms in total. The molecule has 0 bridgehead atoms. The molecular formula is C10H9F3INO2. The average Bonchev–Trinajstić information content (AvgIpc) is 2.20. The van der Waals surface area contributed by atoms with Crippen LogP contribution in [0.25, 0.3) is 0 Å². The summed E-state index contributed by atoms with van der Waals surface area (Å²) >= 11 is 1.74. The van der Waals surface area contributed by atoms with Crippen molar-refractivity contribution in [2.75, 3.05) is 6.61 Å². The number of hydrogen-bond donors (Lipinski definition) is 0. The van der Waals surface area contributed by atoms with Gasteiger partial charge in [0, 0.05) is 9.77 Å². The molecule has 1 aromatic heterocycles. The SMILES string of the molecule is CCOC(=O)Cc1cnc(C(F)(F)F)cc1I. The molecule has 0 unspecified atom stereocenters. The minimum Gasteiger partial charge on any atom is -0.466 e. The average molecular weight is 359 g/mol. The van der Waals surface area contributed by atoms with Gasteiger partial charge >= 0.3 is 12.1 Å². The van der Waals surface area contributed by atoms with Gasteiger partial charge in [-0.3, -0.25) is 9.78 Å². The highest BCUT2D eigenvalue weighted by molar-refractivity contribution is 14.1. The van der Waals surface area contributed by atoms with Gasteiger partial charge in [-0.15, -0.1) is 0 Å². The molecule has 7 heteroatoms. The van der Waals surface area contributed by atoms with E-state index < -0.39 is 17.8 Å². The third kappa shape index (κ3) is 4.14. The molecule has 0 aliphatic carbocycles. The maximum Gasteiger partial charge on any atom is 0.433 e. The first-order chi connectivity index (χ1) is 7.84. The Labute approximate surface area is 110 Å². The predicted molar refractivity (Wildman–Crippen MR) is 62.3 cm³/mol. The first-order valence-corrected chi connectivity index (χ1v) is 5.79. The first kappa shape index (κ1) is 14.2. The van der Waals surface area contributed by atoms with E-state index >= 15 is 0 Å². The monoisotopic (exact) mass is 359 g/mol. The van der Waals surface area contributed by atoms with E-state index in [0.717, 1.165) is 12.3 Å². The van der Waals surface area contributed by atoms with E-state index in [9.17, 15) is 18.0 Å². The Balaban J connectivity index is 2.87. The molecular weight excluding hydrogens is 350 g/mol. The van der Waals surface area contributed by atoms with Gasteiger partial charge in [-0.1, -0.05) is 0 Å². The fraction of sp³-hybridized carbons (Fsp3) is 0.400. The van der Waals surface area contributed by atoms with Crippen LogP contribution in [0.3, 0.4) is 0 Å². The highest BCUT2D eigenvalue weighted by atomic mass is 127. The van der Waals surface area contributed by atoms with Gasteiger partial charge in [-0.2, -0.15) is 13.2 Å². The van der Waals surface area contributed by atoms with Crippen molar-refractivity contribution in [3.63, 3.8) is 0 Å². The summed E-state index contributed by atoms with van der Waals surface area (Å²) in [6, 6.07) is 0.912. The number of halogens is 4. The Morgan fingerprint density at radius 2 is 2.18 bits per heavy atom. The van der Waals surface area contributed by atoms with Gasteiger partial charge in [-0.25, -0.2) is 0 Å². The van der Waals surface area contributed by atoms with E-state index in [1.807, 2.05) is 0 Å². The van der Waals surface area contributed by atoms with Crippen LogP contribution in [-0.2, 0) is 22.1 Å². The number of nitrogens with zero attached hydrogens (tertiary/aromatic N) is 1. The van der Waals surface area contributed by atoms with Crippen LogP contribution in [-0.4, -0.2) is 17.6 Å². The molecule has 0 saturated heterocycles. The summed E-state index contributed by atoms with van der Waals surface area (Å²) < 4.78 is 42.0. The van der Waals surface area contributed by atoms with E-state index in [4.69, 9.17) is 4.74 Å². The third-order valence-electron chi connectivity index (χ3n) is 1.86. The van der Waals surface area contributed by atoms with Crippen molar-refractivity contribution in [2.24, 2.45) is 0 Å². The molecule has 0 saturated carbocycles. The molecule has 0 aliphatic rings. The van der Waals surface area contributed by atoms with Crippen LogP contribution in [0.5, 0.6) is 0 Å². The highest BCUT2D eigenvalue weighted by Gasteiger charge is 2.32. The second-order valence-electron chi connectivity index (χ2n) is 3.14. The van der Waals surface area contributed by atoms with E-state index in [1.54, 1.807) is 29.5 Å². The van der Waals surface area contributed by atoms with Crippen LogP contribution in [0.4, 0.5) is 13.2 Å². The van der Waals surface area contributed by atoms with Gasteiger partial charge < -0.3 is 4.74 Å². The molecule has 1 heterocycles. The predicted octanol–water partition coefficient (Wildman–Crippen LogP) is 2.81. The Morgan fingerprint density at radius 1 is 1.53 bits per heavy atom. The molecule has 0 aliphatic heterocycles. The largest absolute Gasteiger partial charge is 0.466 e.